The van der Waals surface area contributed by atoms with Gasteiger partial charge in [0.05, 0.1) is 6.10 Å². The second-order valence-corrected chi connectivity index (χ2v) is 5.77. The number of hydrogen-bond acceptors (Lipinski definition) is 1. The number of rotatable bonds is 7. The molecular formula is C18H26O. The van der Waals surface area contributed by atoms with E-state index in [2.05, 4.69) is 12.1 Å². The molecule has 0 saturated heterocycles. The van der Waals surface area contributed by atoms with E-state index in [1.807, 2.05) is 30.4 Å². The summed E-state index contributed by atoms with van der Waals surface area (Å²) in [6, 6.07) is 10.2. The zero-order valence-corrected chi connectivity index (χ0v) is 11.8. The van der Waals surface area contributed by atoms with Crippen molar-refractivity contribution < 1.29 is 5.11 Å². The molecule has 1 aliphatic rings. The minimum atomic E-state index is -0.288. The molecule has 2 rings (SSSR count). The van der Waals surface area contributed by atoms with Crippen LogP contribution in [-0.4, -0.2) is 11.2 Å². The average Bonchev–Trinajstić information content (AvgIpc) is 2.96. The highest BCUT2D eigenvalue weighted by Crippen LogP contribution is 2.29. The van der Waals surface area contributed by atoms with E-state index in [-0.39, 0.29) is 6.10 Å². The number of unbranched alkanes of at least 4 members (excludes halogenated alkanes) is 1. The standard InChI is InChI=1S/C18H26O/c19-18(15-14-17-8-2-1-3-9-17)13-7-6-12-16-10-4-5-11-16/h1-3,8-9,14-16,18-19H,4-7,10-13H2/b15-14+/t18-/m0/s1. The van der Waals surface area contributed by atoms with Gasteiger partial charge in [-0.1, -0.05) is 87.4 Å². The zero-order valence-electron chi connectivity index (χ0n) is 11.8. The molecule has 1 aromatic rings. The second kappa shape index (κ2) is 8.16. The molecule has 19 heavy (non-hydrogen) atoms. The Morgan fingerprint density at radius 2 is 1.84 bits per heavy atom. The van der Waals surface area contributed by atoms with Crippen LogP contribution in [0.5, 0.6) is 0 Å². The Hall–Kier alpha value is -1.08. The van der Waals surface area contributed by atoms with Gasteiger partial charge in [-0.25, -0.2) is 0 Å². The summed E-state index contributed by atoms with van der Waals surface area (Å²) >= 11 is 0. The van der Waals surface area contributed by atoms with Gasteiger partial charge >= 0.3 is 0 Å². The van der Waals surface area contributed by atoms with E-state index in [0.717, 1.165) is 24.3 Å². The lowest BCUT2D eigenvalue weighted by atomic mass is 9.99. The zero-order chi connectivity index (χ0) is 13.3. The quantitative estimate of drug-likeness (QED) is 0.696. The molecule has 0 heterocycles. The van der Waals surface area contributed by atoms with Gasteiger partial charge in [0.15, 0.2) is 0 Å². The van der Waals surface area contributed by atoms with E-state index < -0.39 is 0 Å². The van der Waals surface area contributed by atoms with Crippen LogP contribution < -0.4 is 0 Å². The predicted molar refractivity (Wildman–Crippen MR) is 81.9 cm³/mol. The van der Waals surface area contributed by atoms with Crippen molar-refractivity contribution in [1.29, 1.82) is 0 Å². The molecule has 1 aromatic carbocycles. The van der Waals surface area contributed by atoms with Crippen molar-refractivity contribution >= 4 is 6.08 Å². The van der Waals surface area contributed by atoms with Crippen LogP contribution in [0.1, 0.15) is 56.9 Å². The Morgan fingerprint density at radius 1 is 1.11 bits per heavy atom. The third kappa shape index (κ3) is 5.61. The molecule has 0 aliphatic heterocycles. The largest absolute Gasteiger partial charge is 0.389 e. The third-order valence-corrected chi connectivity index (χ3v) is 4.15. The summed E-state index contributed by atoms with van der Waals surface area (Å²) in [6.45, 7) is 0. The Balaban J connectivity index is 1.59. The van der Waals surface area contributed by atoms with Gasteiger partial charge in [-0.05, 0) is 17.9 Å². The fourth-order valence-electron chi connectivity index (χ4n) is 2.97. The summed E-state index contributed by atoms with van der Waals surface area (Å²) in [4.78, 5) is 0. The third-order valence-electron chi connectivity index (χ3n) is 4.15. The molecule has 0 aromatic heterocycles. The molecule has 0 spiro atoms. The van der Waals surface area contributed by atoms with E-state index in [9.17, 15) is 5.11 Å². The Morgan fingerprint density at radius 3 is 2.58 bits per heavy atom. The van der Waals surface area contributed by atoms with Crippen molar-refractivity contribution in [2.24, 2.45) is 5.92 Å². The van der Waals surface area contributed by atoms with Crippen LogP contribution in [0.4, 0.5) is 0 Å². The first kappa shape index (κ1) is 14.3. The van der Waals surface area contributed by atoms with E-state index in [0.29, 0.717) is 0 Å². The maximum atomic E-state index is 9.92. The van der Waals surface area contributed by atoms with Crippen molar-refractivity contribution in [3.63, 3.8) is 0 Å². The minimum Gasteiger partial charge on any atom is -0.389 e. The Labute approximate surface area is 117 Å². The summed E-state index contributed by atoms with van der Waals surface area (Å²) in [6.07, 6.45) is 14.1. The summed E-state index contributed by atoms with van der Waals surface area (Å²) in [5, 5.41) is 9.92. The fraction of sp³-hybridized carbons (Fsp3) is 0.556. The van der Waals surface area contributed by atoms with Gasteiger partial charge in [0.2, 0.25) is 0 Å². The lowest BCUT2D eigenvalue weighted by molar-refractivity contribution is 0.208. The number of aliphatic hydroxyl groups is 1. The van der Waals surface area contributed by atoms with Gasteiger partial charge < -0.3 is 5.11 Å². The predicted octanol–water partition coefficient (Wildman–Crippen LogP) is 4.81. The van der Waals surface area contributed by atoms with Crippen LogP contribution in [0.15, 0.2) is 36.4 Å². The molecule has 1 heteroatoms. The highest BCUT2D eigenvalue weighted by molar-refractivity contribution is 5.49. The normalized spacial score (nSPS) is 18.2. The van der Waals surface area contributed by atoms with Crippen LogP contribution in [0.3, 0.4) is 0 Å². The molecular weight excluding hydrogens is 232 g/mol. The summed E-state index contributed by atoms with van der Waals surface area (Å²) in [5.41, 5.74) is 1.16. The molecule has 1 saturated carbocycles. The molecule has 1 aliphatic carbocycles. The van der Waals surface area contributed by atoms with Crippen molar-refractivity contribution in [2.75, 3.05) is 0 Å². The first-order valence-electron chi connectivity index (χ1n) is 7.76. The highest BCUT2D eigenvalue weighted by atomic mass is 16.3. The molecule has 1 atom stereocenters. The molecule has 1 N–H and O–H groups in total. The lowest BCUT2D eigenvalue weighted by Gasteiger charge is -2.09. The van der Waals surface area contributed by atoms with Gasteiger partial charge in [-0.15, -0.1) is 0 Å². The Bertz CT molecular complexity index is 363. The molecule has 0 unspecified atom stereocenters. The van der Waals surface area contributed by atoms with Gasteiger partial charge in [0.1, 0.15) is 0 Å². The second-order valence-electron chi connectivity index (χ2n) is 5.77. The number of aliphatic hydroxyl groups excluding tert-OH is 1. The van der Waals surface area contributed by atoms with Crippen LogP contribution in [0.2, 0.25) is 0 Å². The van der Waals surface area contributed by atoms with Crippen LogP contribution in [0, 0.1) is 5.92 Å². The van der Waals surface area contributed by atoms with Crippen molar-refractivity contribution in [1.82, 2.24) is 0 Å². The summed E-state index contributed by atoms with van der Waals surface area (Å²) in [7, 11) is 0. The van der Waals surface area contributed by atoms with E-state index in [1.54, 1.807) is 0 Å². The van der Waals surface area contributed by atoms with Gasteiger partial charge in [-0.3, -0.25) is 0 Å². The van der Waals surface area contributed by atoms with Gasteiger partial charge in [0.25, 0.3) is 0 Å². The number of hydrogen-bond donors (Lipinski definition) is 1. The molecule has 1 nitrogen and oxygen atoms in total. The smallest absolute Gasteiger partial charge is 0.0724 e. The molecule has 0 radical (unpaired) electrons. The Kier molecular flexibility index (Phi) is 6.16. The first-order chi connectivity index (χ1) is 9.34. The van der Waals surface area contributed by atoms with Crippen molar-refractivity contribution in [3.8, 4) is 0 Å². The summed E-state index contributed by atoms with van der Waals surface area (Å²) < 4.78 is 0. The molecule has 0 amide bonds. The lowest BCUT2D eigenvalue weighted by Crippen LogP contribution is -2.02. The molecule has 0 bridgehead atoms. The monoisotopic (exact) mass is 258 g/mol. The topological polar surface area (TPSA) is 20.2 Å². The van der Waals surface area contributed by atoms with Crippen LogP contribution >= 0.6 is 0 Å². The van der Waals surface area contributed by atoms with Crippen LogP contribution in [-0.2, 0) is 0 Å². The molecule has 104 valence electrons. The van der Waals surface area contributed by atoms with Crippen molar-refractivity contribution in [3.05, 3.63) is 42.0 Å². The highest BCUT2D eigenvalue weighted by Gasteiger charge is 2.14. The number of benzene rings is 1. The van der Waals surface area contributed by atoms with E-state index >= 15 is 0 Å². The molecule has 1 fully saturated rings. The van der Waals surface area contributed by atoms with Crippen LogP contribution in [0.25, 0.3) is 6.08 Å². The van der Waals surface area contributed by atoms with E-state index in [4.69, 9.17) is 0 Å². The summed E-state index contributed by atoms with van der Waals surface area (Å²) in [5.74, 6) is 0.983. The average molecular weight is 258 g/mol. The van der Waals surface area contributed by atoms with Gasteiger partial charge in [0, 0.05) is 0 Å². The maximum absolute atomic E-state index is 9.92. The maximum Gasteiger partial charge on any atom is 0.0724 e. The minimum absolute atomic E-state index is 0.288. The van der Waals surface area contributed by atoms with Crippen molar-refractivity contribution in [2.45, 2.75) is 57.5 Å². The SMILES string of the molecule is O[C@H](/C=C/c1ccccc1)CCCCC1CCCC1. The fourth-order valence-corrected chi connectivity index (χ4v) is 2.97. The first-order valence-corrected chi connectivity index (χ1v) is 7.76. The van der Waals surface area contributed by atoms with E-state index in [1.165, 1.54) is 38.5 Å². The van der Waals surface area contributed by atoms with Gasteiger partial charge in [-0.2, -0.15) is 0 Å².